The lowest BCUT2D eigenvalue weighted by Gasteiger charge is -2.36. The average Bonchev–Trinajstić information content (AvgIpc) is 3.80. The van der Waals surface area contributed by atoms with Crippen molar-refractivity contribution in [2.45, 2.75) is 5.41 Å². The van der Waals surface area contributed by atoms with Gasteiger partial charge in [-0.1, -0.05) is 195 Å². The molecule has 4 aliphatic rings. The van der Waals surface area contributed by atoms with Gasteiger partial charge in [-0.3, -0.25) is 0 Å². The van der Waals surface area contributed by atoms with Gasteiger partial charge in [-0.15, -0.1) is 0 Å². The fourth-order valence-corrected chi connectivity index (χ4v) is 10.9. The van der Waals surface area contributed by atoms with Gasteiger partial charge in [0, 0.05) is 28.8 Å². The first-order valence-electron chi connectivity index (χ1n) is 22.0. The van der Waals surface area contributed by atoms with Crippen molar-refractivity contribution in [3.8, 4) is 67.5 Å². The van der Waals surface area contributed by atoms with Crippen LogP contribution in [0.15, 0.2) is 249 Å². The van der Waals surface area contributed by atoms with Crippen LogP contribution < -0.4 is 14.4 Å². The zero-order valence-electron chi connectivity index (χ0n) is 35.2. The fourth-order valence-electron chi connectivity index (χ4n) is 10.9. The number of hydrogen-bond donors (Lipinski definition) is 0. The van der Waals surface area contributed by atoms with Gasteiger partial charge in [-0.2, -0.15) is 0 Å². The smallest absolute Gasteiger partial charge is 0.194 e. The zero-order chi connectivity index (χ0) is 42.8. The second-order valence-corrected chi connectivity index (χ2v) is 16.9. The van der Waals surface area contributed by atoms with E-state index in [1.165, 1.54) is 16.7 Å². The van der Waals surface area contributed by atoms with Gasteiger partial charge < -0.3 is 14.4 Å². The molecule has 64 heavy (non-hydrogen) atoms. The van der Waals surface area contributed by atoms with Gasteiger partial charge in [0.15, 0.2) is 23.0 Å². The molecule has 0 saturated heterocycles. The minimum absolute atomic E-state index is 0.148. The van der Waals surface area contributed by atoms with E-state index >= 15 is 0 Å². The molecule has 3 nitrogen and oxygen atoms in total. The number of hydrogen-bond acceptors (Lipinski definition) is 3. The monoisotopic (exact) mass is 821 g/mol. The third-order valence-electron chi connectivity index (χ3n) is 13.5. The molecule has 8 aromatic carbocycles. The van der Waals surface area contributed by atoms with E-state index in [0.29, 0.717) is 17.2 Å². The molecule has 1 spiro atoms. The number of benzene rings is 8. The molecular formula is C61H43NO2. The van der Waals surface area contributed by atoms with Crippen LogP contribution in [-0.2, 0) is 5.41 Å². The van der Waals surface area contributed by atoms with Crippen LogP contribution in [-0.4, -0.2) is 0 Å². The van der Waals surface area contributed by atoms with Gasteiger partial charge in [-0.25, -0.2) is 0 Å². The molecule has 304 valence electrons. The van der Waals surface area contributed by atoms with Crippen molar-refractivity contribution < 1.29 is 9.47 Å². The summed E-state index contributed by atoms with van der Waals surface area (Å²) < 4.78 is 14.4. The predicted octanol–water partition coefficient (Wildman–Crippen LogP) is 16.4. The number of anilines is 3. The molecule has 1 saturated carbocycles. The maximum atomic E-state index is 7.22. The largest absolute Gasteiger partial charge is 0.449 e. The quantitative estimate of drug-likeness (QED) is 0.160. The van der Waals surface area contributed by atoms with E-state index in [4.69, 9.17) is 16.1 Å². The molecule has 1 aliphatic heterocycles. The van der Waals surface area contributed by atoms with E-state index < -0.39 is 5.41 Å². The van der Waals surface area contributed by atoms with Crippen molar-refractivity contribution in [2.24, 2.45) is 11.8 Å². The molecule has 8 aromatic rings. The lowest BCUT2D eigenvalue weighted by atomic mass is 9.66. The third-order valence-corrected chi connectivity index (χ3v) is 13.5. The van der Waals surface area contributed by atoms with Gasteiger partial charge in [0.05, 0.1) is 11.1 Å². The Labute approximate surface area is 374 Å². The summed E-state index contributed by atoms with van der Waals surface area (Å²) >= 11 is 0. The van der Waals surface area contributed by atoms with E-state index in [1.807, 2.05) is 12.1 Å². The van der Waals surface area contributed by atoms with Gasteiger partial charge >= 0.3 is 0 Å². The highest BCUT2D eigenvalue weighted by atomic mass is 16.6. The van der Waals surface area contributed by atoms with Crippen LogP contribution in [0.3, 0.4) is 0 Å². The number of fused-ring (bicyclic) bond motifs is 10. The van der Waals surface area contributed by atoms with Gasteiger partial charge in [-0.05, 0) is 104 Å². The maximum Gasteiger partial charge on any atom is 0.194 e. The first-order chi connectivity index (χ1) is 31.6. The second-order valence-electron chi connectivity index (χ2n) is 16.9. The Morgan fingerprint density at radius 2 is 1.14 bits per heavy atom. The molecule has 1 fully saturated rings. The van der Waals surface area contributed by atoms with Crippen LogP contribution in [0, 0.1) is 11.8 Å². The van der Waals surface area contributed by atoms with Crippen LogP contribution in [0.4, 0.5) is 17.1 Å². The van der Waals surface area contributed by atoms with Gasteiger partial charge in [0.25, 0.3) is 0 Å². The molecule has 0 N–H and O–H groups in total. The molecule has 0 bridgehead atoms. The molecule has 3 atom stereocenters. The van der Waals surface area contributed by atoms with Crippen molar-refractivity contribution in [1.29, 1.82) is 0 Å². The van der Waals surface area contributed by atoms with E-state index in [2.05, 4.69) is 224 Å². The highest BCUT2D eigenvalue weighted by Gasteiger charge is 2.59. The fraction of sp³-hybridized carbons (Fsp3) is 0.0492. The number of rotatable bonds is 7. The molecule has 0 amide bonds. The van der Waals surface area contributed by atoms with E-state index in [-0.39, 0.29) is 11.8 Å². The number of para-hydroxylation sites is 1. The molecular weight excluding hydrogens is 779 g/mol. The van der Waals surface area contributed by atoms with Crippen molar-refractivity contribution in [3.05, 3.63) is 260 Å². The summed E-state index contributed by atoms with van der Waals surface area (Å²) in [4.78, 5) is 2.30. The number of ether oxygens (including phenoxy) is 2. The van der Waals surface area contributed by atoms with Crippen molar-refractivity contribution >= 4 is 17.1 Å². The Balaban J connectivity index is 1.04. The lowest BCUT2D eigenvalue weighted by Crippen LogP contribution is -2.33. The number of allylic oxidation sites excluding steroid dienone is 8. The molecule has 1 heterocycles. The molecule has 0 aromatic heterocycles. The summed E-state index contributed by atoms with van der Waals surface area (Å²) in [6, 6.07) is 66.7. The predicted molar refractivity (Wildman–Crippen MR) is 263 cm³/mol. The van der Waals surface area contributed by atoms with Crippen molar-refractivity contribution in [1.82, 2.24) is 0 Å². The van der Waals surface area contributed by atoms with Crippen LogP contribution in [0.2, 0.25) is 0 Å². The summed E-state index contributed by atoms with van der Waals surface area (Å²) in [7, 11) is 0. The van der Waals surface area contributed by atoms with E-state index in [9.17, 15) is 0 Å². The highest BCUT2D eigenvalue weighted by molar-refractivity contribution is 5.94. The topological polar surface area (TPSA) is 21.7 Å². The average molecular weight is 822 g/mol. The van der Waals surface area contributed by atoms with Crippen LogP contribution >= 0.6 is 0 Å². The summed E-state index contributed by atoms with van der Waals surface area (Å²) in [5.41, 5.74) is 16.2. The Bertz CT molecular complexity index is 3270. The van der Waals surface area contributed by atoms with Gasteiger partial charge in [0.1, 0.15) is 0 Å². The second kappa shape index (κ2) is 15.0. The maximum absolute atomic E-state index is 7.22. The molecule has 3 aliphatic carbocycles. The molecule has 3 unspecified atom stereocenters. The summed E-state index contributed by atoms with van der Waals surface area (Å²) in [5.74, 6) is 3.02. The van der Waals surface area contributed by atoms with Crippen LogP contribution in [0.25, 0.3) is 44.5 Å². The first kappa shape index (κ1) is 37.6. The summed E-state index contributed by atoms with van der Waals surface area (Å²) in [6.07, 6.45) is 13.1. The molecule has 0 radical (unpaired) electrons. The highest BCUT2D eigenvalue weighted by Crippen LogP contribution is 2.69. The molecule has 3 heteroatoms. The van der Waals surface area contributed by atoms with Crippen LogP contribution in [0.5, 0.6) is 23.0 Å². The van der Waals surface area contributed by atoms with Crippen molar-refractivity contribution in [2.75, 3.05) is 4.90 Å². The Morgan fingerprint density at radius 1 is 0.500 bits per heavy atom. The first-order valence-corrected chi connectivity index (χ1v) is 22.0. The van der Waals surface area contributed by atoms with Crippen LogP contribution in [0.1, 0.15) is 11.1 Å². The third kappa shape index (κ3) is 5.67. The summed E-state index contributed by atoms with van der Waals surface area (Å²) in [6.45, 7) is 8.86. The Kier molecular flexibility index (Phi) is 8.84. The normalized spacial score (nSPS) is 18.9. The molecule has 12 rings (SSSR count). The van der Waals surface area contributed by atoms with E-state index in [0.717, 1.165) is 72.9 Å². The summed E-state index contributed by atoms with van der Waals surface area (Å²) in [5, 5.41) is 0. The van der Waals surface area contributed by atoms with Gasteiger partial charge in [0.2, 0.25) is 0 Å². The lowest BCUT2D eigenvalue weighted by molar-refractivity contribution is 0.360. The van der Waals surface area contributed by atoms with E-state index in [1.54, 1.807) is 0 Å². The number of nitrogens with zero attached hydrogens (tertiary/aromatic N) is 1. The Hall–Kier alpha value is -8.14. The minimum Gasteiger partial charge on any atom is -0.449 e. The Morgan fingerprint density at radius 3 is 1.92 bits per heavy atom. The SMILES string of the molecule is C=C/C=C1\C(=C)C2C=CC=CC2C12c1ccccc1-c1c2ccc2c1Oc1cccc(N(c3cccc(-c4ccccc4)c3)c3ccc(-c4ccccc4)c(-c4ccccc4)c3)c1O2. The van der Waals surface area contributed by atoms with Crippen molar-refractivity contribution in [3.63, 3.8) is 0 Å². The standard InChI is InChI=1S/C61H43NO2/c1-3-19-51-40(2)47-28-13-15-30-52(47)61(51)53-31-16-14-29-49(53)58-54(61)36-37-57-60(58)64-56-33-18-32-55(59(56)63-57)62(45-27-17-26-44(38-45)41-20-7-4-8-21-41)46-34-35-48(42-22-9-5-10-23-42)50(39-46)43-24-11-6-12-25-43/h3-39,47,52H,1-2H2/b51-19+. The zero-order valence-corrected chi connectivity index (χ0v) is 35.2. The minimum atomic E-state index is -0.466.